The van der Waals surface area contributed by atoms with Crippen molar-refractivity contribution in [2.24, 2.45) is 5.41 Å². The van der Waals surface area contributed by atoms with Gasteiger partial charge < -0.3 is 19.1 Å². The third kappa shape index (κ3) is 10.5. The highest BCUT2D eigenvalue weighted by Gasteiger charge is 2.34. The predicted octanol–water partition coefficient (Wildman–Crippen LogP) is 1.67. The molecule has 0 rings (SSSR count). The van der Waals surface area contributed by atoms with Crippen molar-refractivity contribution < 1.29 is 38.1 Å². The van der Waals surface area contributed by atoms with Gasteiger partial charge in [-0.15, -0.1) is 0 Å². The van der Waals surface area contributed by atoms with E-state index in [0.29, 0.717) is 6.42 Å². The number of rotatable bonds is 12. The van der Waals surface area contributed by atoms with Gasteiger partial charge in [-0.3, -0.25) is 9.36 Å². The molecule has 1 atom stereocenters. The molecule has 0 spiro atoms. The molecule has 0 amide bonds. The van der Waals surface area contributed by atoms with Crippen molar-refractivity contribution in [3.63, 3.8) is 0 Å². The second-order valence-corrected chi connectivity index (χ2v) is 8.21. The predicted molar refractivity (Wildman–Crippen MR) is 91.2 cm³/mol. The maximum atomic E-state index is 11.7. The van der Waals surface area contributed by atoms with E-state index < -0.39 is 30.7 Å². The summed E-state index contributed by atoms with van der Waals surface area (Å²) in [7, 11) is -3.31. The summed E-state index contributed by atoms with van der Waals surface area (Å²) in [6.45, 7) is 8.99. The molecule has 8 nitrogen and oxygen atoms in total. The molecule has 0 aromatic carbocycles. The first-order chi connectivity index (χ1) is 11.6. The van der Waals surface area contributed by atoms with Gasteiger partial charge in [0.25, 0.3) is 0 Å². The molecule has 0 aromatic heterocycles. The Labute approximate surface area is 147 Å². The van der Waals surface area contributed by atoms with Crippen LogP contribution < -0.4 is 0 Å². The van der Waals surface area contributed by atoms with Gasteiger partial charge in [-0.1, -0.05) is 20.1 Å². The Morgan fingerprint density at radius 1 is 1.04 bits per heavy atom. The van der Waals surface area contributed by atoms with Gasteiger partial charge in [0.15, 0.2) is 7.37 Å². The minimum Gasteiger partial charge on any atom is -0.465 e. The van der Waals surface area contributed by atoms with Crippen molar-refractivity contribution in [3.05, 3.63) is 25.3 Å². The maximum absolute atomic E-state index is 11.7. The minimum atomic E-state index is -3.31. The molecule has 0 bridgehead atoms. The molecule has 1 unspecified atom stereocenters. The standard InChI is InChI=1S/C16H25O8P/c1-5-13(17)22-10-16(7-3,11-23-14(18)6-2)12-24-15(19)8-9-25(4,20)21/h5-6H,1-2,7-12H2,3-4H3,(H,20,21). The zero-order valence-electron chi connectivity index (χ0n) is 14.6. The first kappa shape index (κ1) is 23.1. The topological polar surface area (TPSA) is 116 Å². The van der Waals surface area contributed by atoms with Gasteiger partial charge in [-0.05, 0) is 6.42 Å². The molecular weight excluding hydrogens is 351 g/mol. The molecule has 0 radical (unpaired) electrons. The van der Waals surface area contributed by atoms with Crippen molar-refractivity contribution in [1.82, 2.24) is 0 Å². The average molecular weight is 376 g/mol. The van der Waals surface area contributed by atoms with Crippen LogP contribution in [0.5, 0.6) is 0 Å². The fourth-order valence-corrected chi connectivity index (χ4v) is 2.20. The van der Waals surface area contributed by atoms with E-state index in [1.165, 1.54) is 0 Å². The van der Waals surface area contributed by atoms with Crippen LogP contribution in [0.4, 0.5) is 0 Å². The number of carbonyl (C=O) groups is 3. The molecule has 0 aromatic rings. The quantitative estimate of drug-likeness (QED) is 0.237. The van der Waals surface area contributed by atoms with Gasteiger partial charge in [0, 0.05) is 25.0 Å². The molecular formula is C16H25O8P. The lowest BCUT2D eigenvalue weighted by atomic mass is 9.88. The second-order valence-electron chi connectivity index (χ2n) is 5.66. The van der Waals surface area contributed by atoms with Crippen LogP contribution in [-0.2, 0) is 33.2 Å². The zero-order chi connectivity index (χ0) is 19.5. The van der Waals surface area contributed by atoms with E-state index in [2.05, 4.69) is 13.2 Å². The summed E-state index contributed by atoms with van der Waals surface area (Å²) in [4.78, 5) is 43.5. The Balaban J connectivity index is 4.89. The molecule has 0 saturated heterocycles. The summed E-state index contributed by atoms with van der Waals surface area (Å²) < 4.78 is 26.4. The zero-order valence-corrected chi connectivity index (χ0v) is 15.5. The Hall–Kier alpha value is -1.92. The fraction of sp³-hybridized carbons (Fsp3) is 0.562. The Morgan fingerprint density at radius 2 is 1.48 bits per heavy atom. The van der Waals surface area contributed by atoms with Crippen molar-refractivity contribution in [2.75, 3.05) is 32.6 Å². The largest absolute Gasteiger partial charge is 0.465 e. The van der Waals surface area contributed by atoms with Crippen molar-refractivity contribution in [1.29, 1.82) is 0 Å². The first-order valence-electron chi connectivity index (χ1n) is 7.61. The Kier molecular flexibility index (Phi) is 10.0. The van der Waals surface area contributed by atoms with Gasteiger partial charge in [-0.2, -0.15) is 0 Å². The van der Waals surface area contributed by atoms with E-state index in [-0.39, 0.29) is 32.4 Å². The van der Waals surface area contributed by atoms with Crippen LogP contribution in [0.3, 0.4) is 0 Å². The molecule has 0 fully saturated rings. The van der Waals surface area contributed by atoms with Crippen LogP contribution in [0.1, 0.15) is 19.8 Å². The summed E-state index contributed by atoms with van der Waals surface area (Å²) in [5.74, 6) is -1.99. The lowest BCUT2D eigenvalue weighted by Crippen LogP contribution is -2.38. The molecule has 0 aliphatic heterocycles. The van der Waals surface area contributed by atoms with Gasteiger partial charge in [-0.25, -0.2) is 9.59 Å². The van der Waals surface area contributed by atoms with E-state index in [1.807, 2.05) is 0 Å². The Morgan fingerprint density at radius 3 is 1.84 bits per heavy atom. The smallest absolute Gasteiger partial charge is 0.330 e. The molecule has 1 N–H and O–H groups in total. The van der Waals surface area contributed by atoms with Crippen LogP contribution in [-0.4, -0.2) is 55.4 Å². The summed E-state index contributed by atoms with van der Waals surface area (Å²) in [5, 5.41) is 0. The highest BCUT2D eigenvalue weighted by molar-refractivity contribution is 7.57. The molecule has 0 heterocycles. The summed E-state index contributed by atoms with van der Waals surface area (Å²) in [6.07, 6.45) is 1.94. The number of esters is 3. The Bertz CT molecular complexity index is 524. The number of hydrogen-bond acceptors (Lipinski definition) is 7. The first-order valence-corrected chi connectivity index (χ1v) is 9.90. The van der Waals surface area contributed by atoms with Crippen molar-refractivity contribution in [3.8, 4) is 0 Å². The van der Waals surface area contributed by atoms with Gasteiger partial charge in [0.2, 0.25) is 0 Å². The average Bonchev–Trinajstić information content (AvgIpc) is 2.58. The summed E-state index contributed by atoms with van der Waals surface area (Å²) >= 11 is 0. The summed E-state index contributed by atoms with van der Waals surface area (Å²) in [5.41, 5.74) is -0.942. The van der Waals surface area contributed by atoms with E-state index in [4.69, 9.17) is 14.2 Å². The molecule has 142 valence electrons. The molecule has 0 aliphatic rings. The number of carbonyl (C=O) groups excluding carboxylic acids is 3. The highest BCUT2D eigenvalue weighted by Crippen LogP contribution is 2.35. The number of ether oxygens (including phenoxy) is 3. The van der Waals surface area contributed by atoms with E-state index in [9.17, 15) is 23.8 Å². The third-order valence-corrected chi connectivity index (χ3v) is 4.45. The third-order valence-electron chi connectivity index (χ3n) is 3.39. The number of hydrogen-bond donors (Lipinski definition) is 1. The molecule has 0 aliphatic carbocycles. The van der Waals surface area contributed by atoms with Gasteiger partial charge >= 0.3 is 17.9 Å². The molecule has 9 heteroatoms. The molecule has 0 saturated carbocycles. The van der Waals surface area contributed by atoms with E-state index >= 15 is 0 Å². The lowest BCUT2D eigenvalue weighted by molar-refractivity contribution is -0.158. The van der Waals surface area contributed by atoms with Gasteiger partial charge in [0.1, 0.15) is 19.8 Å². The minimum absolute atomic E-state index is 0.154. The van der Waals surface area contributed by atoms with Crippen molar-refractivity contribution in [2.45, 2.75) is 19.8 Å². The van der Waals surface area contributed by atoms with Crippen LogP contribution >= 0.6 is 7.37 Å². The van der Waals surface area contributed by atoms with E-state index in [0.717, 1.165) is 18.8 Å². The fourth-order valence-electron chi connectivity index (χ4n) is 1.60. The van der Waals surface area contributed by atoms with Crippen LogP contribution in [0.25, 0.3) is 0 Å². The van der Waals surface area contributed by atoms with Crippen LogP contribution in [0.15, 0.2) is 25.3 Å². The monoisotopic (exact) mass is 376 g/mol. The van der Waals surface area contributed by atoms with Crippen LogP contribution in [0, 0.1) is 5.41 Å². The maximum Gasteiger partial charge on any atom is 0.330 e. The normalized spacial score (nSPS) is 13.2. The second kappa shape index (κ2) is 10.8. The van der Waals surface area contributed by atoms with Crippen LogP contribution in [0.2, 0.25) is 0 Å². The highest BCUT2D eigenvalue weighted by atomic mass is 31.2. The molecule has 25 heavy (non-hydrogen) atoms. The van der Waals surface area contributed by atoms with E-state index in [1.54, 1.807) is 6.92 Å². The van der Waals surface area contributed by atoms with Crippen molar-refractivity contribution >= 4 is 25.3 Å². The summed E-state index contributed by atoms with van der Waals surface area (Å²) in [6, 6.07) is 0. The lowest BCUT2D eigenvalue weighted by Gasteiger charge is -2.30. The van der Waals surface area contributed by atoms with Gasteiger partial charge in [0.05, 0.1) is 11.8 Å². The SMILES string of the molecule is C=CC(=O)OCC(CC)(COC(=O)C=C)COC(=O)CCP(C)(=O)O.